The van der Waals surface area contributed by atoms with Crippen LogP contribution < -0.4 is 10.1 Å². The summed E-state index contributed by atoms with van der Waals surface area (Å²) in [5.74, 6) is 0.975. The SMILES string of the molecule is COc1ccccc1NC(=O)/C(=C/c1ccccc1)C1CCCCC1. The zero-order valence-electron chi connectivity index (χ0n) is 14.7. The molecule has 3 nitrogen and oxygen atoms in total. The number of rotatable bonds is 5. The second-order valence-electron chi connectivity index (χ2n) is 6.50. The number of hydrogen-bond acceptors (Lipinski definition) is 2. The molecule has 130 valence electrons. The van der Waals surface area contributed by atoms with Crippen LogP contribution in [0, 0.1) is 5.92 Å². The van der Waals surface area contributed by atoms with Gasteiger partial charge in [0.15, 0.2) is 0 Å². The molecule has 1 saturated carbocycles. The summed E-state index contributed by atoms with van der Waals surface area (Å²) in [5.41, 5.74) is 2.65. The Balaban J connectivity index is 1.88. The van der Waals surface area contributed by atoms with Crippen LogP contribution >= 0.6 is 0 Å². The maximum Gasteiger partial charge on any atom is 0.251 e. The minimum absolute atomic E-state index is 0.0275. The Kier molecular flexibility index (Phi) is 5.89. The van der Waals surface area contributed by atoms with Gasteiger partial charge in [-0.15, -0.1) is 0 Å². The minimum atomic E-state index is -0.0275. The van der Waals surface area contributed by atoms with E-state index in [1.165, 1.54) is 19.3 Å². The third-order valence-electron chi connectivity index (χ3n) is 4.78. The molecule has 1 amide bonds. The first-order chi connectivity index (χ1) is 12.3. The Morgan fingerprint density at radius 2 is 1.68 bits per heavy atom. The van der Waals surface area contributed by atoms with Crippen LogP contribution in [0.1, 0.15) is 37.7 Å². The van der Waals surface area contributed by atoms with E-state index in [0.717, 1.165) is 24.0 Å². The summed E-state index contributed by atoms with van der Waals surface area (Å²) < 4.78 is 5.36. The van der Waals surface area contributed by atoms with Gasteiger partial charge < -0.3 is 10.1 Å². The molecule has 25 heavy (non-hydrogen) atoms. The van der Waals surface area contributed by atoms with Crippen molar-refractivity contribution in [2.45, 2.75) is 32.1 Å². The Hall–Kier alpha value is -2.55. The van der Waals surface area contributed by atoms with Gasteiger partial charge in [0.1, 0.15) is 5.75 Å². The molecule has 0 radical (unpaired) electrons. The topological polar surface area (TPSA) is 38.3 Å². The van der Waals surface area contributed by atoms with Crippen molar-refractivity contribution in [1.29, 1.82) is 0 Å². The Morgan fingerprint density at radius 1 is 1.00 bits per heavy atom. The van der Waals surface area contributed by atoms with Crippen molar-refractivity contribution in [1.82, 2.24) is 0 Å². The predicted octanol–water partition coefficient (Wildman–Crippen LogP) is 5.30. The highest BCUT2D eigenvalue weighted by molar-refractivity contribution is 6.07. The van der Waals surface area contributed by atoms with Crippen molar-refractivity contribution in [3.05, 3.63) is 65.7 Å². The third-order valence-corrected chi connectivity index (χ3v) is 4.78. The molecule has 0 aromatic heterocycles. The number of anilines is 1. The largest absolute Gasteiger partial charge is 0.495 e. The van der Waals surface area contributed by atoms with Crippen LogP contribution in [0.4, 0.5) is 5.69 Å². The molecule has 0 bridgehead atoms. The van der Waals surface area contributed by atoms with Gasteiger partial charge in [-0.05, 0) is 42.5 Å². The van der Waals surface area contributed by atoms with Crippen molar-refractivity contribution < 1.29 is 9.53 Å². The van der Waals surface area contributed by atoms with Crippen LogP contribution in [-0.4, -0.2) is 13.0 Å². The van der Waals surface area contributed by atoms with Crippen molar-refractivity contribution in [3.63, 3.8) is 0 Å². The Bertz CT molecular complexity index is 731. The van der Waals surface area contributed by atoms with Gasteiger partial charge >= 0.3 is 0 Å². The number of carbonyl (C=O) groups excluding carboxylic acids is 1. The standard InChI is InChI=1S/C22H25NO2/c1-25-21-15-9-8-14-20(21)23-22(24)19(18-12-6-3-7-13-18)16-17-10-4-2-5-11-17/h2,4-5,8-11,14-16,18H,3,6-7,12-13H2,1H3,(H,23,24)/b19-16+. The smallest absolute Gasteiger partial charge is 0.251 e. The van der Waals surface area contributed by atoms with Crippen LogP contribution in [-0.2, 0) is 4.79 Å². The zero-order valence-corrected chi connectivity index (χ0v) is 14.7. The van der Waals surface area contributed by atoms with Crippen LogP contribution in [0.15, 0.2) is 60.2 Å². The first kappa shape index (κ1) is 17.3. The number of benzene rings is 2. The van der Waals surface area contributed by atoms with E-state index in [9.17, 15) is 4.79 Å². The van der Waals surface area contributed by atoms with Gasteiger partial charge in [-0.1, -0.05) is 61.7 Å². The summed E-state index contributed by atoms with van der Waals surface area (Å²) in [4.78, 5) is 13.0. The molecule has 1 N–H and O–H groups in total. The third kappa shape index (κ3) is 4.50. The van der Waals surface area contributed by atoms with E-state index < -0.39 is 0 Å². The number of ether oxygens (including phenoxy) is 1. The first-order valence-corrected chi connectivity index (χ1v) is 8.99. The summed E-state index contributed by atoms with van der Waals surface area (Å²) in [5, 5.41) is 3.05. The van der Waals surface area contributed by atoms with Crippen LogP contribution in [0.3, 0.4) is 0 Å². The van der Waals surface area contributed by atoms with Gasteiger partial charge in [0.05, 0.1) is 12.8 Å². The van der Waals surface area contributed by atoms with Gasteiger partial charge in [-0.2, -0.15) is 0 Å². The highest BCUT2D eigenvalue weighted by Crippen LogP contribution is 2.32. The molecule has 1 aliphatic carbocycles. The molecule has 0 unspecified atom stereocenters. The van der Waals surface area contributed by atoms with Crippen molar-refractivity contribution in [3.8, 4) is 5.75 Å². The number of amides is 1. The molecular weight excluding hydrogens is 310 g/mol. The monoisotopic (exact) mass is 335 g/mol. The van der Waals surface area contributed by atoms with E-state index in [4.69, 9.17) is 4.74 Å². The zero-order chi connectivity index (χ0) is 17.5. The number of carbonyl (C=O) groups is 1. The van der Waals surface area contributed by atoms with E-state index in [0.29, 0.717) is 17.4 Å². The lowest BCUT2D eigenvalue weighted by Crippen LogP contribution is -2.22. The lowest BCUT2D eigenvalue weighted by molar-refractivity contribution is -0.113. The van der Waals surface area contributed by atoms with Gasteiger partial charge in [-0.3, -0.25) is 4.79 Å². The van der Waals surface area contributed by atoms with Crippen LogP contribution in [0.25, 0.3) is 6.08 Å². The van der Waals surface area contributed by atoms with E-state index in [-0.39, 0.29) is 5.91 Å². The molecule has 2 aromatic carbocycles. The van der Waals surface area contributed by atoms with Gasteiger partial charge in [0.2, 0.25) is 0 Å². The lowest BCUT2D eigenvalue weighted by atomic mass is 9.82. The predicted molar refractivity (Wildman–Crippen MR) is 103 cm³/mol. The second-order valence-corrected chi connectivity index (χ2v) is 6.50. The normalized spacial score (nSPS) is 15.6. The number of para-hydroxylation sites is 2. The van der Waals surface area contributed by atoms with E-state index >= 15 is 0 Å². The van der Waals surface area contributed by atoms with Crippen molar-refractivity contribution >= 4 is 17.7 Å². The van der Waals surface area contributed by atoms with Crippen LogP contribution in [0.5, 0.6) is 5.75 Å². The van der Waals surface area contributed by atoms with Gasteiger partial charge in [0.25, 0.3) is 5.91 Å². The molecule has 0 aliphatic heterocycles. The summed E-state index contributed by atoms with van der Waals surface area (Å²) in [6, 6.07) is 17.6. The highest BCUT2D eigenvalue weighted by Gasteiger charge is 2.23. The Morgan fingerprint density at radius 3 is 2.40 bits per heavy atom. The molecule has 3 heteroatoms. The number of hydrogen-bond donors (Lipinski definition) is 1. The average Bonchev–Trinajstić information content (AvgIpc) is 2.68. The molecule has 1 aliphatic rings. The quantitative estimate of drug-likeness (QED) is 0.753. The molecular formula is C22H25NO2. The summed E-state index contributed by atoms with van der Waals surface area (Å²) in [6.07, 6.45) is 7.86. The molecule has 2 aromatic rings. The van der Waals surface area contributed by atoms with Crippen molar-refractivity contribution in [2.75, 3.05) is 12.4 Å². The van der Waals surface area contributed by atoms with Crippen molar-refractivity contribution in [2.24, 2.45) is 5.92 Å². The summed E-state index contributed by atoms with van der Waals surface area (Å²) in [7, 11) is 1.62. The fourth-order valence-electron chi connectivity index (χ4n) is 3.45. The maximum absolute atomic E-state index is 13.0. The maximum atomic E-state index is 13.0. The Labute approximate surface area is 149 Å². The second kappa shape index (κ2) is 8.52. The number of nitrogens with one attached hydrogen (secondary N) is 1. The fraction of sp³-hybridized carbons (Fsp3) is 0.318. The molecule has 0 saturated heterocycles. The fourth-order valence-corrected chi connectivity index (χ4v) is 3.45. The van der Waals surface area contributed by atoms with Gasteiger partial charge in [0, 0.05) is 5.57 Å². The van der Waals surface area contributed by atoms with E-state index in [1.807, 2.05) is 60.7 Å². The van der Waals surface area contributed by atoms with E-state index in [2.05, 4.69) is 5.32 Å². The molecule has 0 heterocycles. The first-order valence-electron chi connectivity index (χ1n) is 8.99. The lowest BCUT2D eigenvalue weighted by Gasteiger charge is -2.24. The molecule has 0 atom stereocenters. The van der Waals surface area contributed by atoms with Gasteiger partial charge in [-0.25, -0.2) is 0 Å². The molecule has 3 rings (SSSR count). The number of methoxy groups -OCH3 is 1. The molecule has 1 fully saturated rings. The highest BCUT2D eigenvalue weighted by atomic mass is 16.5. The minimum Gasteiger partial charge on any atom is -0.495 e. The van der Waals surface area contributed by atoms with Crippen LogP contribution in [0.2, 0.25) is 0 Å². The summed E-state index contributed by atoms with van der Waals surface area (Å²) in [6.45, 7) is 0. The summed E-state index contributed by atoms with van der Waals surface area (Å²) >= 11 is 0. The molecule has 0 spiro atoms. The average molecular weight is 335 g/mol. The van der Waals surface area contributed by atoms with E-state index in [1.54, 1.807) is 7.11 Å².